The van der Waals surface area contributed by atoms with Crippen molar-refractivity contribution in [1.29, 1.82) is 0 Å². The topological polar surface area (TPSA) is 50.4 Å². The van der Waals surface area contributed by atoms with Gasteiger partial charge in [-0.05, 0) is 39.2 Å². The first-order chi connectivity index (χ1) is 7.76. The molecule has 2 N–H and O–H groups in total. The first-order valence-electron chi connectivity index (χ1n) is 6.25. The number of nitrogens with one attached hydrogen (secondary N) is 2. The lowest BCUT2D eigenvalue weighted by molar-refractivity contribution is -0.121. The molecule has 1 rings (SSSR count). The minimum atomic E-state index is 0.0995. The Morgan fingerprint density at radius 1 is 1.25 bits per heavy atom. The third kappa shape index (κ3) is 4.94. The molecule has 94 valence electrons. The first kappa shape index (κ1) is 13.5. The molecule has 0 aromatic heterocycles. The molecule has 1 aliphatic rings. The Morgan fingerprint density at radius 2 is 1.94 bits per heavy atom. The molecule has 1 fully saturated rings. The van der Waals surface area contributed by atoms with E-state index in [1.54, 1.807) is 7.05 Å². The summed E-state index contributed by atoms with van der Waals surface area (Å²) in [5, 5.41) is 5.92. The molecule has 0 radical (unpaired) electrons. The van der Waals surface area contributed by atoms with Gasteiger partial charge in [-0.1, -0.05) is 0 Å². The standard InChI is InChI=1S/C12H24N2O2/c1-13-10-5-7-11(8-6-10)16-9-3-4-12(15)14-2/h10-11,13H,3-9H2,1-2H3,(H,14,15). The van der Waals surface area contributed by atoms with Gasteiger partial charge < -0.3 is 15.4 Å². The van der Waals surface area contributed by atoms with Crippen molar-refractivity contribution in [3.63, 3.8) is 0 Å². The summed E-state index contributed by atoms with van der Waals surface area (Å²) < 4.78 is 5.76. The largest absolute Gasteiger partial charge is 0.378 e. The molecule has 0 atom stereocenters. The van der Waals surface area contributed by atoms with Crippen LogP contribution in [-0.4, -0.2) is 38.8 Å². The molecule has 1 saturated carbocycles. The average Bonchev–Trinajstić information content (AvgIpc) is 2.35. The van der Waals surface area contributed by atoms with Crippen LogP contribution in [0.2, 0.25) is 0 Å². The van der Waals surface area contributed by atoms with Gasteiger partial charge in [-0.3, -0.25) is 4.79 Å². The lowest BCUT2D eigenvalue weighted by Crippen LogP contribution is -2.33. The normalized spacial score (nSPS) is 25.4. The first-order valence-corrected chi connectivity index (χ1v) is 6.25. The van der Waals surface area contributed by atoms with Crippen LogP contribution in [0.25, 0.3) is 0 Å². The molecular weight excluding hydrogens is 204 g/mol. The van der Waals surface area contributed by atoms with Crippen LogP contribution in [0.3, 0.4) is 0 Å². The summed E-state index contributed by atoms with van der Waals surface area (Å²) in [7, 11) is 3.69. The summed E-state index contributed by atoms with van der Waals surface area (Å²) >= 11 is 0. The minimum absolute atomic E-state index is 0.0995. The van der Waals surface area contributed by atoms with Gasteiger partial charge in [-0.2, -0.15) is 0 Å². The van der Waals surface area contributed by atoms with Crippen LogP contribution in [0.5, 0.6) is 0 Å². The molecule has 0 aromatic carbocycles. The van der Waals surface area contributed by atoms with E-state index in [-0.39, 0.29) is 5.91 Å². The van der Waals surface area contributed by atoms with E-state index in [9.17, 15) is 4.79 Å². The van der Waals surface area contributed by atoms with Crippen LogP contribution in [-0.2, 0) is 9.53 Å². The SMILES string of the molecule is CNC(=O)CCCOC1CCC(NC)CC1. The molecule has 16 heavy (non-hydrogen) atoms. The second-order valence-electron chi connectivity index (χ2n) is 4.41. The second kappa shape index (κ2) is 7.63. The molecule has 4 heteroatoms. The predicted molar refractivity (Wildman–Crippen MR) is 64.4 cm³/mol. The molecule has 0 saturated heterocycles. The molecular formula is C12H24N2O2. The van der Waals surface area contributed by atoms with Gasteiger partial charge in [-0.15, -0.1) is 0 Å². The van der Waals surface area contributed by atoms with Crippen molar-refractivity contribution in [1.82, 2.24) is 10.6 Å². The van der Waals surface area contributed by atoms with Gasteiger partial charge in [-0.25, -0.2) is 0 Å². The summed E-state index contributed by atoms with van der Waals surface area (Å²) in [6.45, 7) is 0.711. The molecule has 0 unspecified atom stereocenters. The van der Waals surface area contributed by atoms with Crippen LogP contribution >= 0.6 is 0 Å². The van der Waals surface area contributed by atoms with E-state index in [1.165, 1.54) is 12.8 Å². The lowest BCUT2D eigenvalue weighted by Gasteiger charge is -2.28. The van der Waals surface area contributed by atoms with Gasteiger partial charge in [0.05, 0.1) is 6.10 Å². The second-order valence-corrected chi connectivity index (χ2v) is 4.41. The Bertz CT molecular complexity index is 201. The van der Waals surface area contributed by atoms with E-state index in [0.29, 0.717) is 25.2 Å². The highest BCUT2D eigenvalue weighted by Crippen LogP contribution is 2.21. The van der Waals surface area contributed by atoms with Crippen LogP contribution in [0.4, 0.5) is 0 Å². The summed E-state index contributed by atoms with van der Waals surface area (Å²) in [4.78, 5) is 11.0. The maximum absolute atomic E-state index is 11.0. The molecule has 1 amide bonds. The molecule has 4 nitrogen and oxygen atoms in total. The van der Waals surface area contributed by atoms with Crippen molar-refractivity contribution in [3.05, 3.63) is 0 Å². The van der Waals surface area contributed by atoms with Crippen LogP contribution in [0.15, 0.2) is 0 Å². The average molecular weight is 228 g/mol. The summed E-state index contributed by atoms with van der Waals surface area (Å²) in [6, 6.07) is 0.672. The van der Waals surface area contributed by atoms with Crippen molar-refractivity contribution in [2.45, 2.75) is 50.7 Å². The third-order valence-corrected chi connectivity index (χ3v) is 3.26. The Balaban J connectivity index is 2.00. The van der Waals surface area contributed by atoms with E-state index in [0.717, 1.165) is 19.3 Å². The van der Waals surface area contributed by atoms with Crippen LogP contribution in [0, 0.1) is 0 Å². The zero-order chi connectivity index (χ0) is 11.8. The highest BCUT2D eigenvalue weighted by atomic mass is 16.5. The molecule has 0 aromatic rings. The number of hydrogen-bond donors (Lipinski definition) is 2. The summed E-state index contributed by atoms with van der Waals surface area (Å²) in [5.41, 5.74) is 0. The van der Waals surface area contributed by atoms with Gasteiger partial charge in [0.25, 0.3) is 0 Å². The van der Waals surface area contributed by atoms with Gasteiger partial charge in [0.1, 0.15) is 0 Å². The highest BCUT2D eigenvalue weighted by Gasteiger charge is 2.19. The van der Waals surface area contributed by atoms with Crippen molar-refractivity contribution in [2.24, 2.45) is 0 Å². The number of hydrogen-bond acceptors (Lipinski definition) is 3. The van der Waals surface area contributed by atoms with E-state index < -0.39 is 0 Å². The monoisotopic (exact) mass is 228 g/mol. The van der Waals surface area contributed by atoms with Crippen molar-refractivity contribution >= 4 is 5.91 Å². The van der Waals surface area contributed by atoms with Gasteiger partial charge >= 0.3 is 0 Å². The molecule has 0 bridgehead atoms. The fourth-order valence-corrected chi connectivity index (χ4v) is 2.13. The van der Waals surface area contributed by atoms with Gasteiger partial charge in [0.2, 0.25) is 5.91 Å². The Morgan fingerprint density at radius 3 is 2.50 bits per heavy atom. The van der Waals surface area contributed by atoms with Gasteiger partial charge in [0, 0.05) is 26.1 Å². The lowest BCUT2D eigenvalue weighted by atomic mass is 9.93. The summed E-state index contributed by atoms with van der Waals surface area (Å²) in [6.07, 6.45) is 6.51. The highest BCUT2D eigenvalue weighted by molar-refractivity contribution is 5.75. The molecule has 0 heterocycles. The Kier molecular flexibility index (Phi) is 6.42. The Labute approximate surface area is 98.1 Å². The van der Waals surface area contributed by atoms with Gasteiger partial charge in [0.15, 0.2) is 0 Å². The van der Waals surface area contributed by atoms with E-state index >= 15 is 0 Å². The fraction of sp³-hybridized carbons (Fsp3) is 0.917. The van der Waals surface area contributed by atoms with Crippen LogP contribution in [0.1, 0.15) is 38.5 Å². The predicted octanol–water partition coefficient (Wildman–Crippen LogP) is 1.06. The zero-order valence-electron chi connectivity index (χ0n) is 10.4. The molecule has 0 spiro atoms. The fourth-order valence-electron chi connectivity index (χ4n) is 2.13. The van der Waals surface area contributed by atoms with Crippen LogP contribution < -0.4 is 10.6 Å². The molecule has 0 aliphatic heterocycles. The van der Waals surface area contributed by atoms with E-state index in [2.05, 4.69) is 10.6 Å². The number of ether oxygens (including phenoxy) is 1. The molecule has 1 aliphatic carbocycles. The third-order valence-electron chi connectivity index (χ3n) is 3.26. The smallest absolute Gasteiger partial charge is 0.219 e. The number of rotatable bonds is 6. The number of carbonyl (C=O) groups excluding carboxylic acids is 1. The van der Waals surface area contributed by atoms with Crippen molar-refractivity contribution < 1.29 is 9.53 Å². The van der Waals surface area contributed by atoms with Crippen molar-refractivity contribution in [3.8, 4) is 0 Å². The minimum Gasteiger partial charge on any atom is -0.378 e. The zero-order valence-corrected chi connectivity index (χ0v) is 10.4. The summed E-state index contributed by atoms with van der Waals surface area (Å²) in [5.74, 6) is 0.0995. The van der Waals surface area contributed by atoms with E-state index in [4.69, 9.17) is 4.74 Å². The Hall–Kier alpha value is -0.610. The quantitative estimate of drug-likeness (QED) is 0.668. The van der Waals surface area contributed by atoms with E-state index in [1.807, 2.05) is 7.05 Å². The number of amides is 1. The van der Waals surface area contributed by atoms with Crippen molar-refractivity contribution in [2.75, 3.05) is 20.7 Å². The maximum Gasteiger partial charge on any atom is 0.219 e. The number of carbonyl (C=O) groups is 1. The maximum atomic E-state index is 11.0.